The normalized spacial score (nSPS) is 20.2. The van der Waals surface area contributed by atoms with E-state index >= 15 is 0 Å². The number of hydrogen-bond acceptors (Lipinski definition) is 5. The molecule has 1 aromatic heterocycles. The second-order valence-electron chi connectivity index (χ2n) is 6.69. The topological polar surface area (TPSA) is 51.0 Å². The average molecular weight is 375 g/mol. The Labute approximate surface area is 156 Å². The number of fused-ring (bicyclic) bond motifs is 1. The molecule has 2 heterocycles. The van der Waals surface area contributed by atoms with Crippen molar-refractivity contribution >= 4 is 35.1 Å². The van der Waals surface area contributed by atoms with Gasteiger partial charge in [-0.1, -0.05) is 30.8 Å². The zero-order valence-corrected chi connectivity index (χ0v) is 16.1. The van der Waals surface area contributed by atoms with Gasteiger partial charge in [-0.2, -0.15) is 0 Å². The molecule has 1 aromatic carbocycles. The third-order valence-corrected chi connectivity index (χ3v) is 6.92. The van der Waals surface area contributed by atoms with Gasteiger partial charge in [0.2, 0.25) is 5.91 Å². The number of aromatic nitrogens is 3. The highest BCUT2D eigenvalue weighted by Gasteiger charge is 2.30. The van der Waals surface area contributed by atoms with Crippen molar-refractivity contribution in [3.8, 4) is 0 Å². The minimum atomic E-state index is 0.142. The van der Waals surface area contributed by atoms with Gasteiger partial charge in [0, 0.05) is 29.7 Å². The van der Waals surface area contributed by atoms with Crippen molar-refractivity contribution in [2.45, 2.75) is 47.4 Å². The fourth-order valence-corrected chi connectivity index (χ4v) is 5.01. The summed E-state index contributed by atoms with van der Waals surface area (Å²) in [7, 11) is 2.00. The van der Waals surface area contributed by atoms with E-state index in [1.807, 2.05) is 40.4 Å². The van der Waals surface area contributed by atoms with Gasteiger partial charge in [-0.3, -0.25) is 4.79 Å². The monoisotopic (exact) mass is 374 g/mol. The zero-order chi connectivity index (χ0) is 17.4. The van der Waals surface area contributed by atoms with Gasteiger partial charge in [0.15, 0.2) is 5.16 Å². The Hall–Kier alpha value is -1.47. The number of carbonyl (C=O) groups excluding carboxylic acids is 1. The molecule has 1 aliphatic carbocycles. The molecule has 7 heteroatoms. The Bertz CT molecular complexity index is 787. The Morgan fingerprint density at radius 1 is 1.28 bits per heavy atom. The average Bonchev–Trinajstić information content (AvgIpc) is 3.39. The van der Waals surface area contributed by atoms with E-state index in [0.29, 0.717) is 16.9 Å². The van der Waals surface area contributed by atoms with E-state index in [4.69, 9.17) is 0 Å². The standard InChI is InChI=1S/C18H22N4OS2/c1-12-9-10-22(14-5-3-4-6-15(14)25-12)16(23)11-24-18-20-19-17(21(18)2)13-7-8-13/h3-6,12-13H,7-11H2,1-2H3/t12-/m1/s1. The Morgan fingerprint density at radius 3 is 2.88 bits per heavy atom. The van der Waals surface area contributed by atoms with E-state index in [-0.39, 0.29) is 5.91 Å². The van der Waals surface area contributed by atoms with Crippen LogP contribution in [0.3, 0.4) is 0 Å². The van der Waals surface area contributed by atoms with Crippen LogP contribution in [0.1, 0.15) is 37.9 Å². The van der Waals surface area contributed by atoms with Crippen molar-refractivity contribution in [3.05, 3.63) is 30.1 Å². The van der Waals surface area contributed by atoms with Gasteiger partial charge < -0.3 is 9.47 Å². The molecule has 1 fully saturated rings. The summed E-state index contributed by atoms with van der Waals surface area (Å²) in [5.41, 5.74) is 1.04. The first-order valence-electron chi connectivity index (χ1n) is 8.71. The lowest BCUT2D eigenvalue weighted by molar-refractivity contribution is -0.116. The maximum absolute atomic E-state index is 12.9. The number of anilines is 1. The highest BCUT2D eigenvalue weighted by atomic mass is 32.2. The molecule has 25 heavy (non-hydrogen) atoms. The van der Waals surface area contributed by atoms with Crippen LogP contribution in [0.2, 0.25) is 0 Å². The molecule has 0 radical (unpaired) electrons. The molecule has 1 amide bonds. The van der Waals surface area contributed by atoms with Gasteiger partial charge in [0.25, 0.3) is 0 Å². The molecule has 1 aliphatic heterocycles. The molecule has 5 nitrogen and oxygen atoms in total. The molecule has 2 aromatic rings. The highest BCUT2D eigenvalue weighted by Crippen LogP contribution is 2.40. The number of hydrogen-bond donors (Lipinski definition) is 0. The van der Waals surface area contributed by atoms with E-state index in [1.165, 1.54) is 29.5 Å². The molecule has 0 saturated heterocycles. The largest absolute Gasteiger partial charge is 0.311 e. The first-order valence-corrected chi connectivity index (χ1v) is 10.6. The van der Waals surface area contributed by atoms with Crippen LogP contribution in [0.5, 0.6) is 0 Å². The van der Waals surface area contributed by atoms with Crippen LogP contribution in [-0.2, 0) is 11.8 Å². The maximum Gasteiger partial charge on any atom is 0.237 e. The molecule has 0 unspecified atom stereocenters. The van der Waals surface area contributed by atoms with Crippen molar-refractivity contribution in [1.29, 1.82) is 0 Å². The van der Waals surface area contributed by atoms with Crippen molar-refractivity contribution in [2.24, 2.45) is 7.05 Å². The van der Waals surface area contributed by atoms with Gasteiger partial charge >= 0.3 is 0 Å². The fraction of sp³-hybridized carbons (Fsp3) is 0.500. The van der Waals surface area contributed by atoms with Crippen LogP contribution in [0.15, 0.2) is 34.3 Å². The Kier molecular flexibility index (Phi) is 4.78. The van der Waals surface area contributed by atoms with Crippen LogP contribution < -0.4 is 4.90 Å². The molecule has 0 N–H and O–H groups in total. The molecular formula is C18H22N4OS2. The van der Waals surface area contributed by atoms with Gasteiger partial charge in [0.1, 0.15) is 5.82 Å². The van der Waals surface area contributed by atoms with Crippen LogP contribution in [0.25, 0.3) is 0 Å². The lowest BCUT2D eigenvalue weighted by Crippen LogP contribution is -2.33. The molecule has 2 aliphatic rings. The SMILES string of the molecule is C[C@@H]1CCN(C(=O)CSc2nnc(C3CC3)n2C)c2ccccc2S1. The summed E-state index contributed by atoms with van der Waals surface area (Å²) >= 11 is 3.35. The minimum absolute atomic E-state index is 0.142. The van der Waals surface area contributed by atoms with Crippen molar-refractivity contribution in [3.63, 3.8) is 0 Å². The second kappa shape index (κ2) is 7.03. The first kappa shape index (κ1) is 17.0. The summed E-state index contributed by atoms with van der Waals surface area (Å²) in [6.45, 7) is 3.00. The van der Waals surface area contributed by atoms with Crippen LogP contribution in [-0.4, -0.2) is 38.2 Å². The van der Waals surface area contributed by atoms with Gasteiger partial charge in [-0.05, 0) is 31.4 Å². The number of carbonyl (C=O) groups is 1. The lowest BCUT2D eigenvalue weighted by Gasteiger charge is -2.22. The van der Waals surface area contributed by atoms with E-state index < -0.39 is 0 Å². The van der Waals surface area contributed by atoms with E-state index in [0.717, 1.165) is 29.6 Å². The third kappa shape index (κ3) is 3.58. The van der Waals surface area contributed by atoms with Gasteiger partial charge in [-0.25, -0.2) is 0 Å². The van der Waals surface area contributed by atoms with Crippen LogP contribution >= 0.6 is 23.5 Å². The van der Waals surface area contributed by atoms with Crippen molar-refractivity contribution in [1.82, 2.24) is 14.8 Å². The molecule has 132 valence electrons. The number of amides is 1. The van der Waals surface area contributed by atoms with Gasteiger partial charge in [0.05, 0.1) is 11.4 Å². The second-order valence-corrected chi connectivity index (χ2v) is 9.12. The van der Waals surface area contributed by atoms with Gasteiger partial charge in [-0.15, -0.1) is 22.0 Å². The molecular weight excluding hydrogens is 352 g/mol. The molecule has 4 rings (SSSR count). The molecule has 1 atom stereocenters. The van der Waals surface area contributed by atoms with E-state index in [9.17, 15) is 4.79 Å². The first-order chi connectivity index (χ1) is 12.1. The summed E-state index contributed by atoms with van der Waals surface area (Å²) in [6.07, 6.45) is 3.41. The number of nitrogens with zero attached hydrogens (tertiary/aromatic N) is 4. The Balaban J connectivity index is 1.47. The summed E-state index contributed by atoms with van der Waals surface area (Å²) < 4.78 is 2.05. The molecule has 0 bridgehead atoms. The number of para-hydroxylation sites is 1. The summed E-state index contributed by atoms with van der Waals surface area (Å²) in [5, 5.41) is 9.92. The molecule has 0 spiro atoms. The van der Waals surface area contributed by atoms with Crippen LogP contribution in [0.4, 0.5) is 5.69 Å². The lowest BCUT2D eigenvalue weighted by atomic mass is 10.2. The van der Waals surface area contributed by atoms with E-state index in [2.05, 4.69) is 29.3 Å². The fourth-order valence-electron chi connectivity index (χ4n) is 3.10. The number of benzene rings is 1. The third-order valence-electron chi connectivity index (χ3n) is 4.68. The van der Waals surface area contributed by atoms with Crippen LogP contribution in [0, 0.1) is 0 Å². The smallest absolute Gasteiger partial charge is 0.237 e. The predicted octanol–water partition coefficient (Wildman–Crippen LogP) is 3.70. The van der Waals surface area contributed by atoms with Crippen molar-refractivity contribution in [2.75, 3.05) is 17.2 Å². The highest BCUT2D eigenvalue weighted by molar-refractivity contribution is 8.00. The number of rotatable bonds is 4. The predicted molar refractivity (Wildman–Crippen MR) is 102 cm³/mol. The summed E-state index contributed by atoms with van der Waals surface area (Å²) in [5.74, 6) is 2.16. The quantitative estimate of drug-likeness (QED) is 0.764. The molecule has 1 saturated carbocycles. The minimum Gasteiger partial charge on any atom is -0.311 e. The van der Waals surface area contributed by atoms with Crippen molar-refractivity contribution < 1.29 is 4.79 Å². The maximum atomic E-state index is 12.9. The van der Waals surface area contributed by atoms with E-state index in [1.54, 1.807) is 0 Å². The summed E-state index contributed by atoms with van der Waals surface area (Å²) in [6, 6.07) is 8.21. The number of thioether (sulfide) groups is 2. The Morgan fingerprint density at radius 2 is 2.08 bits per heavy atom. The summed E-state index contributed by atoms with van der Waals surface area (Å²) in [4.78, 5) is 16.0. The zero-order valence-electron chi connectivity index (χ0n) is 14.5.